The van der Waals surface area contributed by atoms with E-state index < -0.39 is 0 Å². The average Bonchev–Trinajstić information content (AvgIpc) is 2.83. The van der Waals surface area contributed by atoms with Crippen molar-refractivity contribution in [1.29, 1.82) is 0 Å². The van der Waals surface area contributed by atoms with Crippen LogP contribution in [-0.2, 0) is 4.79 Å². The summed E-state index contributed by atoms with van der Waals surface area (Å²) in [5.41, 5.74) is 0. The Labute approximate surface area is 103 Å². The van der Waals surface area contributed by atoms with Crippen LogP contribution in [0, 0.1) is 5.92 Å². The first-order valence-electron chi connectivity index (χ1n) is 7.06. The fourth-order valence-corrected chi connectivity index (χ4v) is 3.55. The molecule has 0 aromatic rings. The maximum atomic E-state index is 12.0. The van der Waals surface area contributed by atoms with Crippen molar-refractivity contribution < 1.29 is 4.79 Å². The molecule has 4 saturated heterocycles. The molecular weight excluding hydrogens is 214 g/mol. The summed E-state index contributed by atoms with van der Waals surface area (Å²) in [5.74, 6) is 0.989. The highest BCUT2D eigenvalue weighted by atomic mass is 16.1. The van der Waals surface area contributed by atoms with Gasteiger partial charge in [0.25, 0.3) is 0 Å². The van der Waals surface area contributed by atoms with Crippen LogP contribution in [0.2, 0.25) is 0 Å². The molecule has 4 fully saturated rings. The number of carbonyl (C=O) groups excluding carboxylic acids is 1. The van der Waals surface area contributed by atoms with Gasteiger partial charge in [-0.2, -0.15) is 0 Å². The van der Waals surface area contributed by atoms with Crippen molar-refractivity contribution in [3.05, 3.63) is 0 Å². The van der Waals surface area contributed by atoms with Gasteiger partial charge in [0.1, 0.15) is 0 Å². The van der Waals surface area contributed by atoms with Gasteiger partial charge in [-0.1, -0.05) is 0 Å². The van der Waals surface area contributed by atoms with Gasteiger partial charge in [-0.25, -0.2) is 0 Å². The van der Waals surface area contributed by atoms with E-state index in [0.29, 0.717) is 18.5 Å². The van der Waals surface area contributed by atoms with Crippen LogP contribution in [0.15, 0.2) is 0 Å². The first-order valence-corrected chi connectivity index (χ1v) is 7.06. The lowest BCUT2D eigenvalue weighted by atomic mass is 9.84. The zero-order valence-electron chi connectivity index (χ0n) is 10.5. The van der Waals surface area contributed by atoms with Crippen molar-refractivity contribution in [2.24, 2.45) is 5.92 Å². The van der Waals surface area contributed by atoms with Crippen LogP contribution in [0.3, 0.4) is 0 Å². The van der Waals surface area contributed by atoms with Gasteiger partial charge in [-0.15, -0.1) is 0 Å². The Hall–Kier alpha value is -0.610. The molecule has 2 unspecified atom stereocenters. The lowest BCUT2D eigenvalue weighted by Gasteiger charge is -2.45. The summed E-state index contributed by atoms with van der Waals surface area (Å²) in [6.07, 6.45) is 5.59. The summed E-state index contributed by atoms with van der Waals surface area (Å²) in [7, 11) is 0. The Morgan fingerprint density at radius 1 is 1.29 bits per heavy atom. The van der Waals surface area contributed by atoms with Gasteiger partial charge in [0.15, 0.2) is 0 Å². The molecule has 2 atom stereocenters. The normalized spacial score (nSPS) is 40.5. The summed E-state index contributed by atoms with van der Waals surface area (Å²) in [5, 5.41) is 6.64. The lowest BCUT2D eigenvalue weighted by Crippen LogP contribution is -2.57. The number of hydrogen-bond acceptors (Lipinski definition) is 3. The minimum Gasteiger partial charge on any atom is -0.352 e. The van der Waals surface area contributed by atoms with Crippen molar-refractivity contribution in [2.45, 2.75) is 44.2 Å². The van der Waals surface area contributed by atoms with E-state index in [1.165, 1.54) is 32.4 Å². The van der Waals surface area contributed by atoms with Crippen LogP contribution >= 0.6 is 0 Å². The maximum absolute atomic E-state index is 12.0. The second-order valence-electron chi connectivity index (χ2n) is 5.81. The molecule has 17 heavy (non-hydrogen) atoms. The molecule has 0 radical (unpaired) electrons. The highest BCUT2D eigenvalue weighted by Crippen LogP contribution is 2.27. The number of nitrogens with one attached hydrogen (secondary N) is 2. The zero-order valence-corrected chi connectivity index (χ0v) is 10.5. The third kappa shape index (κ3) is 2.63. The minimum absolute atomic E-state index is 0.253. The monoisotopic (exact) mass is 237 g/mol. The van der Waals surface area contributed by atoms with Crippen LogP contribution in [0.1, 0.15) is 32.1 Å². The number of piperidine rings is 3. The summed E-state index contributed by atoms with van der Waals surface area (Å²) in [6.45, 7) is 4.63. The van der Waals surface area contributed by atoms with Gasteiger partial charge >= 0.3 is 0 Å². The molecule has 0 aromatic heterocycles. The summed E-state index contributed by atoms with van der Waals surface area (Å²) < 4.78 is 0. The first-order chi connectivity index (χ1) is 8.31. The Morgan fingerprint density at radius 3 is 2.71 bits per heavy atom. The molecule has 4 aliphatic heterocycles. The predicted octanol–water partition coefficient (Wildman–Crippen LogP) is 0.339. The molecule has 4 heterocycles. The highest BCUT2D eigenvalue weighted by Gasteiger charge is 2.35. The van der Waals surface area contributed by atoms with Crippen LogP contribution in [-0.4, -0.2) is 49.1 Å². The zero-order chi connectivity index (χ0) is 11.7. The number of rotatable bonds is 3. The third-order valence-electron chi connectivity index (χ3n) is 4.60. The van der Waals surface area contributed by atoms with Crippen LogP contribution in [0.25, 0.3) is 0 Å². The van der Waals surface area contributed by atoms with Crippen molar-refractivity contribution >= 4 is 5.91 Å². The van der Waals surface area contributed by atoms with E-state index in [1.54, 1.807) is 0 Å². The molecule has 0 aromatic carbocycles. The Morgan fingerprint density at radius 2 is 2.12 bits per heavy atom. The van der Waals surface area contributed by atoms with Crippen LogP contribution in [0.4, 0.5) is 0 Å². The second kappa shape index (κ2) is 4.94. The largest absolute Gasteiger partial charge is 0.352 e. The molecule has 2 N–H and O–H groups in total. The van der Waals surface area contributed by atoms with E-state index in [1.807, 2.05) is 0 Å². The van der Waals surface area contributed by atoms with Crippen molar-refractivity contribution in [3.63, 3.8) is 0 Å². The smallest absolute Gasteiger partial charge is 0.221 e. The molecule has 1 amide bonds. The second-order valence-corrected chi connectivity index (χ2v) is 5.81. The van der Waals surface area contributed by atoms with E-state index in [4.69, 9.17) is 0 Å². The standard InChI is InChI=1S/C13H23N3O/c17-13(8-11-2-1-5-14-11)15-12-9-16-6-3-10(12)4-7-16/h10-12,14H,1-9H2,(H,15,17). The highest BCUT2D eigenvalue weighted by molar-refractivity contribution is 5.77. The SMILES string of the molecule is O=C(CC1CCCN1)NC1CN2CCC1CC2. The fraction of sp³-hybridized carbons (Fsp3) is 0.923. The summed E-state index contributed by atoms with van der Waals surface area (Å²) in [6, 6.07) is 0.850. The Kier molecular flexibility index (Phi) is 3.34. The Balaban J connectivity index is 1.47. The summed E-state index contributed by atoms with van der Waals surface area (Å²) in [4.78, 5) is 14.5. The first kappa shape index (κ1) is 11.5. The minimum atomic E-state index is 0.253. The third-order valence-corrected chi connectivity index (χ3v) is 4.60. The van der Waals surface area contributed by atoms with E-state index >= 15 is 0 Å². The fourth-order valence-electron chi connectivity index (χ4n) is 3.55. The quantitative estimate of drug-likeness (QED) is 0.744. The number of fused-ring (bicyclic) bond motifs is 3. The molecule has 4 aliphatic rings. The average molecular weight is 237 g/mol. The molecule has 0 spiro atoms. The van der Waals surface area contributed by atoms with Gasteiger partial charge in [0, 0.05) is 25.0 Å². The van der Waals surface area contributed by atoms with E-state index in [-0.39, 0.29) is 5.91 Å². The number of amides is 1. The van der Waals surface area contributed by atoms with E-state index in [0.717, 1.165) is 25.4 Å². The van der Waals surface area contributed by atoms with Gasteiger partial charge in [0.05, 0.1) is 0 Å². The van der Waals surface area contributed by atoms with Crippen LogP contribution in [0.5, 0.6) is 0 Å². The summed E-state index contributed by atoms with van der Waals surface area (Å²) >= 11 is 0. The molecular formula is C13H23N3O. The molecule has 96 valence electrons. The van der Waals surface area contributed by atoms with Gasteiger partial charge in [-0.05, 0) is 51.2 Å². The van der Waals surface area contributed by atoms with E-state index in [9.17, 15) is 4.79 Å². The molecule has 0 saturated carbocycles. The van der Waals surface area contributed by atoms with Crippen molar-refractivity contribution in [1.82, 2.24) is 15.5 Å². The number of carbonyl (C=O) groups is 1. The number of nitrogens with zero attached hydrogens (tertiary/aromatic N) is 1. The van der Waals surface area contributed by atoms with Gasteiger partial charge < -0.3 is 15.5 Å². The Bertz CT molecular complexity index is 280. The molecule has 4 nitrogen and oxygen atoms in total. The number of hydrogen-bond donors (Lipinski definition) is 2. The van der Waals surface area contributed by atoms with Gasteiger partial charge in [-0.3, -0.25) is 4.79 Å². The maximum Gasteiger partial charge on any atom is 0.221 e. The molecule has 4 heteroatoms. The van der Waals surface area contributed by atoms with Gasteiger partial charge in [0.2, 0.25) is 5.91 Å². The topological polar surface area (TPSA) is 44.4 Å². The predicted molar refractivity (Wildman–Crippen MR) is 66.7 cm³/mol. The molecule has 2 bridgehead atoms. The van der Waals surface area contributed by atoms with Crippen molar-refractivity contribution in [3.8, 4) is 0 Å². The van der Waals surface area contributed by atoms with Crippen molar-refractivity contribution in [2.75, 3.05) is 26.2 Å². The van der Waals surface area contributed by atoms with E-state index in [2.05, 4.69) is 15.5 Å². The van der Waals surface area contributed by atoms with Crippen LogP contribution < -0.4 is 10.6 Å². The molecule has 0 aliphatic carbocycles. The molecule has 4 rings (SSSR count). The lowest BCUT2D eigenvalue weighted by molar-refractivity contribution is -0.123.